The van der Waals surface area contributed by atoms with Gasteiger partial charge in [0.15, 0.2) is 0 Å². The molecule has 0 spiro atoms. The van der Waals surface area contributed by atoms with E-state index in [9.17, 15) is 4.79 Å². The molecule has 0 radical (unpaired) electrons. The Kier molecular flexibility index (Phi) is 3.93. The Morgan fingerprint density at radius 2 is 2.00 bits per heavy atom. The summed E-state index contributed by atoms with van der Waals surface area (Å²) in [4.78, 5) is 20.5. The van der Waals surface area contributed by atoms with Gasteiger partial charge < -0.3 is 4.74 Å². The van der Waals surface area contributed by atoms with Crippen molar-refractivity contribution in [1.82, 2.24) is 19.6 Å². The van der Waals surface area contributed by atoms with Crippen LogP contribution >= 0.6 is 15.9 Å². The zero-order chi connectivity index (χ0) is 17.4. The second kappa shape index (κ2) is 6.25. The predicted molar refractivity (Wildman–Crippen MR) is 96.3 cm³/mol. The molecule has 2 aromatic heterocycles. The highest BCUT2D eigenvalue weighted by molar-refractivity contribution is 9.10. The maximum Gasteiger partial charge on any atom is 0.378 e. The van der Waals surface area contributed by atoms with Crippen molar-refractivity contribution in [3.05, 3.63) is 70.7 Å². The van der Waals surface area contributed by atoms with E-state index in [0.717, 1.165) is 20.8 Å². The maximum atomic E-state index is 12.3. The smallest absolute Gasteiger partial charge is 0.378 e. The van der Waals surface area contributed by atoms with Gasteiger partial charge in [0, 0.05) is 12.4 Å². The molecule has 6 nitrogen and oxygen atoms in total. The third kappa shape index (κ3) is 3.10. The molecule has 0 aliphatic rings. The van der Waals surface area contributed by atoms with E-state index in [4.69, 9.17) is 4.74 Å². The number of ether oxygens (including phenoxy) is 1. The van der Waals surface area contributed by atoms with Gasteiger partial charge in [-0.15, -0.1) is 5.10 Å². The third-order valence-corrected chi connectivity index (χ3v) is 4.28. The topological polar surface area (TPSA) is 69.4 Å². The molecule has 0 bridgehead atoms. The first-order valence-corrected chi connectivity index (χ1v) is 8.47. The lowest BCUT2D eigenvalue weighted by atomic mass is 10.0. The van der Waals surface area contributed by atoms with Gasteiger partial charge in [-0.05, 0) is 45.3 Å². The number of benzene rings is 2. The van der Waals surface area contributed by atoms with Crippen LogP contribution in [0.2, 0.25) is 0 Å². The highest BCUT2D eigenvalue weighted by Gasteiger charge is 2.19. The number of rotatable bonds is 3. The molecule has 2 heterocycles. The van der Waals surface area contributed by atoms with Crippen molar-refractivity contribution in [1.29, 1.82) is 0 Å². The van der Waals surface area contributed by atoms with Gasteiger partial charge in [-0.1, -0.05) is 36.4 Å². The van der Waals surface area contributed by atoms with Crippen molar-refractivity contribution in [2.45, 2.75) is 13.0 Å². The fourth-order valence-corrected chi connectivity index (χ4v) is 2.88. The summed E-state index contributed by atoms with van der Waals surface area (Å²) < 4.78 is 7.69. The summed E-state index contributed by atoms with van der Waals surface area (Å²) >= 11 is 3.30. The van der Waals surface area contributed by atoms with Gasteiger partial charge in [0.1, 0.15) is 6.10 Å². The van der Waals surface area contributed by atoms with Crippen LogP contribution in [0.3, 0.4) is 0 Å². The van der Waals surface area contributed by atoms with Crippen LogP contribution in [-0.4, -0.2) is 25.6 Å². The molecule has 25 heavy (non-hydrogen) atoms. The quantitative estimate of drug-likeness (QED) is 0.490. The normalized spacial score (nSPS) is 12.4. The van der Waals surface area contributed by atoms with Gasteiger partial charge in [-0.25, -0.2) is 14.3 Å². The lowest BCUT2D eigenvalue weighted by molar-refractivity contribution is 0.0324. The van der Waals surface area contributed by atoms with E-state index in [1.807, 2.05) is 49.4 Å². The van der Waals surface area contributed by atoms with Crippen molar-refractivity contribution >= 4 is 38.4 Å². The Balaban J connectivity index is 1.57. The van der Waals surface area contributed by atoms with Crippen LogP contribution in [-0.2, 0) is 4.74 Å². The Hall–Kier alpha value is -2.80. The van der Waals surface area contributed by atoms with Crippen LogP contribution in [0.25, 0.3) is 16.6 Å². The molecule has 0 N–H and O–H groups in total. The number of carbonyl (C=O) groups is 1. The summed E-state index contributed by atoms with van der Waals surface area (Å²) in [6.45, 7) is 1.83. The first-order valence-electron chi connectivity index (χ1n) is 7.68. The largest absolute Gasteiger partial charge is 0.452 e. The summed E-state index contributed by atoms with van der Waals surface area (Å²) in [6.07, 6.45) is 2.86. The van der Waals surface area contributed by atoms with Crippen molar-refractivity contribution in [2.75, 3.05) is 0 Å². The fraction of sp³-hybridized carbons (Fsp3) is 0.111. The lowest BCUT2D eigenvalue weighted by Gasteiger charge is -2.13. The molecule has 0 amide bonds. The molecule has 1 atom stereocenters. The number of aromatic nitrogens is 4. The molecule has 0 aliphatic heterocycles. The van der Waals surface area contributed by atoms with Gasteiger partial charge in [0.2, 0.25) is 0 Å². The molecule has 0 saturated heterocycles. The predicted octanol–water partition coefficient (Wildman–Crippen LogP) is 3.96. The Labute approximate surface area is 151 Å². The summed E-state index contributed by atoms with van der Waals surface area (Å²) in [5.41, 5.74) is 0.914. The number of carbonyl (C=O) groups excluding carboxylic acids is 1. The Morgan fingerprint density at radius 1 is 1.20 bits per heavy atom. The molecule has 124 valence electrons. The molecule has 0 aliphatic carbocycles. The van der Waals surface area contributed by atoms with Crippen molar-refractivity contribution < 1.29 is 9.53 Å². The van der Waals surface area contributed by atoms with Gasteiger partial charge in [-0.3, -0.25) is 0 Å². The van der Waals surface area contributed by atoms with Crippen molar-refractivity contribution in [3.63, 3.8) is 0 Å². The van der Waals surface area contributed by atoms with E-state index in [1.54, 1.807) is 12.4 Å². The second-order valence-corrected chi connectivity index (χ2v) is 6.52. The van der Waals surface area contributed by atoms with Gasteiger partial charge >= 0.3 is 5.97 Å². The first-order chi connectivity index (χ1) is 12.1. The minimum atomic E-state index is -0.581. The Bertz CT molecular complexity index is 1090. The van der Waals surface area contributed by atoms with E-state index >= 15 is 0 Å². The average Bonchev–Trinajstić information content (AvgIpc) is 3.04. The summed E-state index contributed by atoms with van der Waals surface area (Å²) in [7, 11) is 0. The van der Waals surface area contributed by atoms with Crippen molar-refractivity contribution in [3.8, 4) is 0 Å². The molecule has 0 unspecified atom stereocenters. The average molecular weight is 397 g/mol. The number of hydrogen-bond donors (Lipinski definition) is 0. The van der Waals surface area contributed by atoms with Crippen LogP contribution in [0.4, 0.5) is 0 Å². The van der Waals surface area contributed by atoms with Crippen LogP contribution in [0.1, 0.15) is 29.2 Å². The molecule has 4 rings (SSSR count). The molecule has 7 heteroatoms. The molecule has 0 fully saturated rings. The Morgan fingerprint density at radius 3 is 2.84 bits per heavy atom. The molecule has 2 aromatic carbocycles. The summed E-state index contributed by atoms with van der Waals surface area (Å²) in [5.74, 6) is -0.256. The monoisotopic (exact) mass is 396 g/mol. The van der Waals surface area contributed by atoms with E-state index in [-0.39, 0.29) is 5.82 Å². The highest BCUT2D eigenvalue weighted by atomic mass is 79.9. The minimum absolute atomic E-state index is 0.0155. The number of halogens is 1. The lowest BCUT2D eigenvalue weighted by Crippen LogP contribution is -2.11. The minimum Gasteiger partial charge on any atom is -0.452 e. The summed E-state index contributed by atoms with van der Waals surface area (Å²) in [6, 6.07) is 14.0. The van der Waals surface area contributed by atoms with Crippen LogP contribution in [0.15, 0.2) is 59.3 Å². The zero-order valence-electron chi connectivity index (χ0n) is 13.3. The van der Waals surface area contributed by atoms with E-state index in [2.05, 4.69) is 31.0 Å². The van der Waals surface area contributed by atoms with Crippen LogP contribution in [0.5, 0.6) is 0 Å². The first kappa shape index (κ1) is 15.7. The number of nitrogens with zero attached hydrogens (tertiary/aromatic N) is 4. The standard InChI is InChI=1S/C18H13BrN4O2/c1-11(13-7-6-12-4-2-3-5-14(12)8-13)25-17(24)16-21-18-20-9-15(19)10-23(18)22-16/h2-11H,1H3/t11-/m0/s1. The number of fused-ring (bicyclic) bond motifs is 2. The number of esters is 1. The van der Waals surface area contributed by atoms with Crippen molar-refractivity contribution in [2.24, 2.45) is 0 Å². The van der Waals surface area contributed by atoms with Crippen LogP contribution < -0.4 is 0 Å². The maximum absolute atomic E-state index is 12.3. The van der Waals surface area contributed by atoms with E-state index in [1.165, 1.54) is 4.52 Å². The number of hydrogen-bond acceptors (Lipinski definition) is 5. The zero-order valence-corrected chi connectivity index (χ0v) is 14.8. The summed E-state index contributed by atoms with van der Waals surface area (Å²) in [5, 5.41) is 6.35. The highest BCUT2D eigenvalue weighted by Crippen LogP contribution is 2.23. The molecular weight excluding hydrogens is 384 g/mol. The fourth-order valence-electron chi connectivity index (χ4n) is 2.59. The van der Waals surface area contributed by atoms with Crippen LogP contribution in [0, 0.1) is 0 Å². The molecule has 4 aromatic rings. The van der Waals surface area contributed by atoms with Gasteiger partial charge in [0.25, 0.3) is 11.6 Å². The van der Waals surface area contributed by atoms with Gasteiger partial charge in [-0.2, -0.15) is 4.98 Å². The SMILES string of the molecule is C[C@H](OC(=O)c1nc2ncc(Br)cn2n1)c1ccc2ccccc2c1. The van der Waals surface area contributed by atoms with E-state index in [0.29, 0.717) is 5.78 Å². The van der Waals surface area contributed by atoms with E-state index < -0.39 is 12.1 Å². The van der Waals surface area contributed by atoms with Gasteiger partial charge in [0.05, 0.1) is 4.47 Å². The second-order valence-electron chi connectivity index (χ2n) is 5.61. The third-order valence-electron chi connectivity index (χ3n) is 3.87. The molecular formula is C18H13BrN4O2. The molecule has 0 saturated carbocycles.